The molecule has 1 aliphatic rings. The number of amides is 1. The van der Waals surface area contributed by atoms with Gasteiger partial charge in [-0.3, -0.25) is 0 Å². The van der Waals surface area contributed by atoms with Crippen LogP contribution >= 0.6 is 11.6 Å². The van der Waals surface area contributed by atoms with Gasteiger partial charge in [0.2, 0.25) is 0 Å². The number of nitrogens with zero attached hydrogens (tertiary/aromatic N) is 3. The van der Waals surface area contributed by atoms with Gasteiger partial charge in [-0.25, -0.2) is 9.59 Å². The summed E-state index contributed by atoms with van der Waals surface area (Å²) in [5.74, 6) is -1.13. The first-order valence-electron chi connectivity index (χ1n) is 8.63. The highest BCUT2D eigenvalue weighted by molar-refractivity contribution is 6.31. The SMILES string of the molecule is CC1CN(C(=O)OC(C)(C)C)CCN1c1nc2cc(Cl)cc(C(=O)O)c2o1. The number of carboxylic acid groups (broad SMARTS) is 1. The number of hydrogen-bond donors (Lipinski definition) is 1. The quantitative estimate of drug-likeness (QED) is 0.829. The molecule has 146 valence electrons. The van der Waals surface area contributed by atoms with Crippen LogP contribution in [0.2, 0.25) is 5.02 Å². The Labute approximate surface area is 161 Å². The van der Waals surface area contributed by atoms with Crippen molar-refractivity contribution in [3.05, 3.63) is 22.7 Å². The molecule has 0 saturated carbocycles. The zero-order chi connectivity index (χ0) is 19.9. The lowest BCUT2D eigenvalue weighted by atomic mass is 10.2. The van der Waals surface area contributed by atoms with Gasteiger partial charge in [0.05, 0.1) is 0 Å². The second-order valence-corrected chi connectivity index (χ2v) is 8.01. The largest absolute Gasteiger partial charge is 0.478 e. The molecule has 3 rings (SSSR count). The number of carbonyl (C=O) groups is 2. The molecule has 0 spiro atoms. The Morgan fingerprint density at radius 1 is 1.33 bits per heavy atom. The maximum atomic E-state index is 12.3. The second kappa shape index (κ2) is 6.92. The van der Waals surface area contributed by atoms with Crippen LogP contribution in [0.15, 0.2) is 16.5 Å². The van der Waals surface area contributed by atoms with Crippen LogP contribution < -0.4 is 4.90 Å². The van der Waals surface area contributed by atoms with Crippen LogP contribution in [-0.4, -0.2) is 58.3 Å². The van der Waals surface area contributed by atoms with Gasteiger partial charge in [-0.2, -0.15) is 4.98 Å². The van der Waals surface area contributed by atoms with Crippen LogP contribution in [0.1, 0.15) is 38.1 Å². The minimum Gasteiger partial charge on any atom is -0.478 e. The summed E-state index contributed by atoms with van der Waals surface area (Å²) in [4.78, 5) is 31.6. The number of aromatic carboxylic acids is 1. The number of piperazine rings is 1. The average molecular weight is 396 g/mol. The molecule has 1 amide bonds. The summed E-state index contributed by atoms with van der Waals surface area (Å²) in [6.45, 7) is 8.81. The first-order valence-corrected chi connectivity index (χ1v) is 9.01. The number of carboxylic acids is 1. The number of oxazole rings is 1. The molecule has 1 atom stereocenters. The Morgan fingerprint density at radius 2 is 2.04 bits per heavy atom. The second-order valence-electron chi connectivity index (χ2n) is 7.57. The minimum atomic E-state index is -1.13. The average Bonchev–Trinajstić information content (AvgIpc) is 2.95. The Bertz CT molecular complexity index is 889. The summed E-state index contributed by atoms with van der Waals surface area (Å²) in [5, 5.41) is 9.63. The molecule has 0 bridgehead atoms. The standard InChI is InChI=1S/C18H22ClN3O5/c1-10-9-21(17(25)27-18(2,3)4)5-6-22(10)16-20-13-8-11(19)7-12(15(23)24)14(13)26-16/h7-8,10H,5-6,9H2,1-4H3,(H,23,24). The predicted molar refractivity (Wildman–Crippen MR) is 101 cm³/mol. The predicted octanol–water partition coefficient (Wildman–Crippen LogP) is 3.63. The van der Waals surface area contributed by atoms with Gasteiger partial charge < -0.3 is 24.1 Å². The maximum absolute atomic E-state index is 12.3. The zero-order valence-corrected chi connectivity index (χ0v) is 16.4. The molecule has 8 nitrogen and oxygen atoms in total. The molecule has 1 saturated heterocycles. The van der Waals surface area contributed by atoms with E-state index in [-0.39, 0.29) is 28.3 Å². The summed E-state index contributed by atoms with van der Waals surface area (Å²) in [7, 11) is 0. The highest BCUT2D eigenvalue weighted by atomic mass is 35.5. The van der Waals surface area contributed by atoms with Crippen LogP contribution in [0.3, 0.4) is 0 Å². The topological polar surface area (TPSA) is 96.1 Å². The number of rotatable bonds is 2. The van der Waals surface area contributed by atoms with Gasteiger partial charge >= 0.3 is 12.1 Å². The third kappa shape index (κ3) is 4.10. The van der Waals surface area contributed by atoms with Crippen LogP contribution in [0.4, 0.5) is 10.8 Å². The summed E-state index contributed by atoms with van der Waals surface area (Å²) >= 11 is 5.98. The van der Waals surface area contributed by atoms with Crippen molar-refractivity contribution in [3.63, 3.8) is 0 Å². The lowest BCUT2D eigenvalue weighted by molar-refractivity contribution is 0.0216. The van der Waals surface area contributed by atoms with Crippen LogP contribution in [0, 0.1) is 0 Å². The first-order chi connectivity index (χ1) is 12.5. The van der Waals surface area contributed by atoms with E-state index in [1.165, 1.54) is 6.07 Å². The monoisotopic (exact) mass is 395 g/mol. The van der Waals surface area contributed by atoms with Crippen LogP contribution in [0.25, 0.3) is 11.1 Å². The van der Waals surface area contributed by atoms with Crippen molar-refractivity contribution < 1.29 is 23.8 Å². The number of aromatic nitrogens is 1. The van der Waals surface area contributed by atoms with Gasteiger partial charge in [-0.15, -0.1) is 0 Å². The van der Waals surface area contributed by atoms with Gasteiger partial charge in [0, 0.05) is 30.7 Å². The molecule has 2 aromatic rings. The Morgan fingerprint density at radius 3 is 2.63 bits per heavy atom. The first kappa shape index (κ1) is 19.3. The van der Waals surface area contributed by atoms with Gasteiger partial charge in [-0.1, -0.05) is 11.6 Å². The number of anilines is 1. The molecule has 27 heavy (non-hydrogen) atoms. The molecule has 2 heterocycles. The Balaban J connectivity index is 1.81. The van der Waals surface area contributed by atoms with E-state index in [4.69, 9.17) is 20.8 Å². The number of ether oxygens (including phenoxy) is 1. The maximum Gasteiger partial charge on any atom is 0.410 e. The van der Waals surface area contributed by atoms with Gasteiger partial charge in [-0.05, 0) is 39.8 Å². The van der Waals surface area contributed by atoms with Crippen LogP contribution in [-0.2, 0) is 4.74 Å². The third-order valence-electron chi connectivity index (χ3n) is 4.20. The van der Waals surface area contributed by atoms with Crippen molar-refractivity contribution in [1.29, 1.82) is 0 Å². The van der Waals surface area contributed by atoms with Gasteiger partial charge in [0.1, 0.15) is 16.7 Å². The van der Waals surface area contributed by atoms with E-state index >= 15 is 0 Å². The lowest BCUT2D eigenvalue weighted by Gasteiger charge is -2.39. The normalized spacial score (nSPS) is 18.0. The molecular weight excluding hydrogens is 374 g/mol. The molecule has 1 fully saturated rings. The van der Waals surface area contributed by atoms with Crippen molar-refractivity contribution in [3.8, 4) is 0 Å². The molecule has 1 unspecified atom stereocenters. The molecular formula is C18H22ClN3O5. The lowest BCUT2D eigenvalue weighted by Crippen LogP contribution is -2.54. The highest BCUT2D eigenvalue weighted by Crippen LogP contribution is 2.30. The number of halogens is 1. The highest BCUT2D eigenvalue weighted by Gasteiger charge is 2.32. The van der Waals surface area contributed by atoms with E-state index in [0.717, 1.165) is 0 Å². The Hall–Kier alpha value is -2.48. The minimum absolute atomic E-state index is 0.0312. The van der Waals surface area contributed by atoms with Crippen molar-refractivity contribution in [1.82, 2.24) is 9.88 Å². The van der Waals surface area contributed by atoms with E-state index < -0.39 is 11.6 Å². The van der Waals surface area contributed by atoms with Crippen molar-refractivity contribution in [2.45, 2.75) is 39.3 Å². The molecule has 9 heteroatoms. The molecule has 0 aliphatic carbocycles. The Kier molecular flexibility index (Phi) is 4.94. The molecule has 1 N–H and O–H groups in total. The number of carbonyl (C=O) groups excluding carboxylic acids is 1. The molecule has 1 aromatic carbocycles. The van der Waals surface area contributed by atoms with E-state index in [9.17, 15) is 14.7 Å². The fourth-order valence-corrected chi connectivity index (χ4v) is 3.21. The molecule has 1 aliphatic heterocycles. The van der Waals surface area contributed by atoms with E-state index in [2.05, 4.69) is 4.98 Å². The van der Waals surface area contributed by atoms with E-state index in [0.29, 0.717) is 31.2 Å². The van der Waals surface area contributed by atoms with Crippen molar-refractivity contribution in [2.24, 2.45) is 0 Å². The number of fused-ring (bicyclic) bond motifs is 1. The van der Waals surface area contributed by atoms with E-state index in [1.807, 2.05) is 32.6 Å². The smallest absolute Gasteiger partial charge is 0.410 e. The van der Waals surface area contributed by atoms with Gasteiger partial charge in [0.25, 0.3) is 6.01 Å². The number of benzene rings is 1. The van der Waals surface area contributed by atoms with Crippen molar-refractivity contribution >= 4 is 40.8 Å². The number of hydrogen-bond acceptors (Lipinski definition) is 6. The van der Waals surface area contributed by atoms with Crippen LogP contribution in [0.5, 0.6) is 0 Å². The zero-order valence-electron chi connectivity index (χ0n) is 15.7. The summed E-state index contributed by atoms with van der Waals surface area (Å²) in [6.07, 6.45) is -0.355. The molecule has 0 radical (unpaired) electrons. The fraction of sp³-hybridized carbons (Fsp3) is 0.500. The van der Waals surface area contributed by atoms with Gasteiger partial charge in [0.15, 0.2) is 5.58 Å². The third-order valence-corrected chi connectivity index (χ3v) is 4.42. The van der Waals surface area contributed by atoms with Crippen molar-refractivity contribution in [2.75, 3.05) is 24.5 Å². The summed E-state index contributed by atoms with van der Waals surface area (Å²) in [6, 6.07) is 3.14. The molecule has 1 aromatic heterocycles. The fourth-order valence-electron chi connectivity index (χ4n) is 3.00. The summed E-state index contributed by atoms with van der Waals surface area (Å²) in [5.41, 5.74) is -0.0128. The summed E-state index contributed by atoms with van der Waals surface area (Å²) < 4.78 is 11.2. The van der Waals surface area contributed by atoms with E-state index in [1.54, 1.807) is 11.0 Å².